The van der Waals surface area contributed by atoms with Gasteiger partial charge in [0.2, 0.25) is 0 Å². The maximum atomic E-state index is 5.96. The highest BCUT2D eigenvalue weighted by Crippen LogP contribution is 2.33. The summed E-state index contributed by atoms with van der Waals surface area (Å²) in [6.07, 6.45) is 5.39. The molecule has 4 heteroatoms. The second-order valence-electron chi connectivity index (χ2n) is 4.33. The number of rotatable bonds is 3. The zero-order valence-corrected chi connectivity index (χ0v) is 11.9. The van der Waals surface area contributed by atoms with E-state index < -0.39 is 0 Å². The molecule has 2 N–H and O–H groups in total. The smallest absolute Gasteiger partial charge is 0.0575 e. The minimum Gasteiger partial charge on any atom is -0.329 e. The lowest BCUT2D eigenvalue weighted by Gasteiger charge is -2.29. The van der Waals surface area contributed by atoms with Gasteiger partial charge in [-0.05, 0) is 53.3 Å². The van der Waals surface area contributed by atoms with Crippen LogP contribution in [0, 0.1) is 0 Å². The van der Waals surface area contributed by atoms with Crippen LogP contribution in [0.4, 0.5) is 0 Å². The molecule has 0 amide bonds. The molecule has 0 aromatic carbocycles. The fourth-order valence-corrected chi connectivity index (χ4v) is 4.16. The number of thiophene rings is 1. The van der Waals surface area contributed by atoms with Crippen LogP contribution in [-0.2, 0) is 0 Å². The molecule has 1 aliphatic rings. The van der Waals surface area contributed by atoms with Gasteiger partial charge in [-0.15, -0.1) is 11.3 Å². The highest BCUT2D eigenvalue weighted by atomic mass is 79.9. The first kappa shape index (κ1) is 12.6. The van der Waals surface area contributed by atoms with E-state index in [1.807, 2.05) is 11.3 Å². The van der Waals surface area contributed by atoms with Gasteiger partial charge in [0.05, 0.1) is 6.04 Å². The van der Waals surface area contributed by atoms with E-state index in [9.17, 15) is 0 Å². The average Bonchev–Trinajstić information content (AvgIpc) is 2.57. The van der Waals surface area contributed by atoms with Gasteiger partial charge in [0, 0.05) is 15.9 Å². The third-order valence-electron chi connectivity index (χ3n) is 3.25. The molecule has 2 heterocycles. The molecular formula is C12H19BrN2S. The monoisotopic (exact) mass is 302 g/mol. The summed E-state index contributed by atoms with van der Waals surface area (Å²) in [5.41, 5.74) is 5.96. The first-order chi connectivity index (χ1) is 7.83. The van der Waals surface area contributed by atoms with E-state index in [0.717, 1.165) is 6.54 Å². The third kappa shape index (κ3) is 2.86. The molecule has 1 atom stereocenters. The van der Waals surface area contributed by atoms with E-state index in [2.05, 4.69) is 32.3 Å². The van der Waals surface area contributed by atoms with E-state index in [-0.39, 0.29) is 0 Å². The van der Waals surface area contributed by atoms with Crippen LogP contribution in [0.2, 0.25) is 0 Å². The Kier molecular flexibility index (Phi) is 4.82. The van der Waals surface area contributed by atoms with Crippen LogP contribution < -0.4 is 5.73 Å². The normalized spacial score (nSPS) is 20.6. The Morgan fingerprint density at radius 2 is 2.00 bits per heavy atom. The first-order valence-corrected chi connectivity index (χ1v) is 7.67. The van der Waals surface area contributed by atoms with Gasteiger partial charge in [-0.1, -0.05) is 12.8 Å². The molecule has 90 valence electrons. The Balaban J connectivity index is 2.12. The largest absolute Gasteiger partial charge is 0.329 e. The van der Waals surface area contributed by atoms with Gasteiger partial charge in [-0.2, -0.15) is 0 Å². The number of likely N-dealkylation sites (tertiary alicyclic amines) is 1. The van der Waals surface area contributed by atoms with Crippen LogP contribution in [0.25, 0.3) is 0 Å². The van der Waals surface area contributed by atoms with Gasteiger partial charge < -0.3 is 5.73 Å². The van der Waals surface area contributed by atoms with Crippen molar-refractivity contribution in [1.29, 1.82) is 0 Å². The SMILES string of the molecule is NCC(c1sccc1Br)N1CCCCCC1. The highest BCUT2D eigenvalue weighted by Gasteiger charge is 2.22. The Morgan fingerprint density at radius 1 is 1.31 bits per heavy atom. The van der Waals surface area contributed by atoms with Crippen LogP contribution in [-0.4, -0.2) is 24.5 Å². The van der Waals surface area contributed by atoms with Gasteiger partial charge in [0.15, 0.2) is 0 Å². The molecule has 0 saturated carbocycles. The van der Waals surface area contributed by atoms with Gasteiger partial charge in [-0.3, -0.25) is 4.90 Å². The van der Waals surface area contributed by atoms with Crippen molar-refractivity contribution >= 4 is 27.3 Å². The summed E-state index contributed by atoms with van der Waals surface area (Å²) in [5.74, 6) is 0. The van der Waals surface area contributed by atoms with Crippen molar-refractivity contribution in [3.63, 3.8) is 0 Å². The fraction of sp³-hybridized carbons (Fsp3) is 0.667. The molecule has 1 unspecified atom stereocenters. The van der Waals surface area contributed by atoms with Crippen molar-refractivity contribution in [1.82, 2.24) is 4.90 Å². The molecule has 0 aliphatic carbocycles. The van der Waals surface area contributed by atoms with Crippen LogP contribution in [0.5, 0.6) is 0 Å². The van der Waals surface area contributed by atoms with Crippen LogP contribution in [0.3, 0.4) is 0 Å². The van der Waals surface area contributed by atoms with E-state index in [1.165, 1.54) is 48.1 Å². The van der Waals surface area contributed by atoms with Gasteiger partial charge >= 0.3 is 0 Å². The third-order valence-corrected chi connectivity index (χ3v) is 5.22. The van der Waals surface area contributed by atoms with Crippen LogP contribution >= 0.6 is 27.3 Å². The van der Waals surface area contributed by atoms with Crippen molar-refractivity contribution < 1.29 is 0 Å². The predicted octanol–water partition coefficient (Wildman–Crippen LogP) is 3.39. The lowest BCUT2D eigenvalue weighted by atomic mass is 10.2. The quantitative estimate of drug-likeness (QED) is 0.927. The van der Waals surface area contributed by atoms with Crippen LogP contribution in [0.1, 0.15) is 36.6 Å². The zero-order chi connectivity index (χ0) is 11.4. The Hall–Kier alpha value is 0.1000. The van der Waals surface area contributed by atoms with E-state index in [1.54, 1.807) is 0 Å². The second kappa shape index (κ2) is 6.15. The van der Waals surface area contributed by atoms with E-state index in [4.69, 9.17) is 5.73 Å². The molecule has 1 aromatic heterocycles. The lowest BCUT2D eigenvalue weighted by Crippen LogP contribution is -2.34. The maximum absolute atomic E-state index is 5.96. The fourth-order valence-electron chi connectivity index (χ4n) is 2.37. The average molecular weight is 303 g/mol. The van der Waals surface area contributed by atoms with Crippen molar-refractivity contribution in [3.05, 3.63) is 20.8 Å². The maximum Gasteiger partial charge on any atom is 0.0575 e. The summed E-state index contributed by atoms with van der Waals surface area (Å²) in [7, 11) is 0. The standard InChI is InChI=1S/C12H19BrN2S/c13-10-5-8-16-12(10)11(9-14)15-6-3-1-2-4-7-15/h5,8,11H,1-4,6-7,9,14H2. The van der Waals surface area contributed by atoms with E-state index >= 15 is 0 Å². The second-order valence-corrected chi connectivity index (χ2v) is 6.14. The minimum atomic E-state index is 0.410. The summed E-state index contributed by atoms with van der Waals surface area (Å²) >= 11 is 5.44. The lowest BCUT2D eigenvalue weighted by molar-refractivity contribution is 0.212. The predicted molar refractivity (Wildman–Crippen MR) is 73.9 cm³/mol. The number of nitrogens with zero attached hydrogens (tertiary/aromatic N) is 1. The summed E-state index contributed by atoms with van der Waals surface area (Å²) in [5, 5.41) is 2.14. The molecule has 0 spiro atoms. The molecule has 1 saturated heterocycles. The van der Waals surface area contributed by atoms with E-state index in [0.29, 0.717) is 6.04 Å². The molecule has 2 nitrogen and oxygen atoms in total. The van der Waals surface area contributed by atoms with Crippen LogP contribution in [0.15, 0.2) is 15.9 Å². The molecule has 16 heavy (non-hydrogen) atoms. The summed E-state index contributed by atoms with van der Waals surface area (Å²) in [6, 6.07) is 2.54. The molecule has 1 aromatic rings. The molecular weight excluding hydrogens is 284 g/mol. The van der Waals surface area contributed by atoms with Gasteiger partial charge in [0.1, 0.15) is 0 Å². The summed E-state index contributed by atoms with van der Waals surface area (Å²) < 4.78 is 1.22. The summed E-state index contributed by atoms with van der Waals surface area (Å²) in [6.45, 7) is 3.12. The number of hydrogen-bond acceptors (Lipinski definition) is 3. The topological polar surface area (TPSA) is 29.3 Å². The van der Waals surface area contributed by atoms with Crippen molar-refractivity contribution in [3.8, 4) is 0 Å². The zero-order valence-electron chi connectivity index (χ0n) is 9.49. The van der Waals surface area contributed by atoms with Crippen molar-refractivity contribution in [2.75, 3.05) is 19.6 Å². The molecule has 0 bridgehead atoms. The summed E-state index contributed by atoms with van der Waals surface area (Å²) in [4.78, 5) is 3.95. The number of halogens is 1. The molecule has 0 radical (unpaired) electrons. The number of hydrogen-bond donors (Lipinski definition) is 1. The van der Waals surface area contributed by atoms with Gasteiger partial charge in [-0.25, -0.2) is 0 Å². The van der Waals surface area contributed by atoms with Gasteiger partial charge in [0.25, 0.3) is 0 Å². The van der Waals surface area contributed by atoms with Crippen molar-refractivity contribution in [2.24, 2.45) is 5.73 Å². The molecule has 2 rings (SSSR count). The highest BCUT2D eigenvalue weighted by molar-refractivity contribution is 9.10. The van der Waals surface area contributed by atoms with Crippen molar-refractivity contribution in [2.45, 2.75) is 31.7 Å². The Morgan fingerprint density at radius 3 is 2.50 bits per heavy atom. The first-order valence-electron chi connectivity index (χ1n) is 6.00. The molecule has 1 fully saturated rings. The minimum absolute atomic E-state index is 0.410. The molecule has 1 aliphatic heterocycles. The Bertz CT molecular complexity index is 319. The Labute approximate surface area is 110 Å². The number of nitrogens with two attached hydrogens (primary N) is 1.